The average Bonchev–Trinajstić information content (AvgIpc) is 2.31. The van der Waals surface area contributed by atoms with Crippen LogP contribution in [0.3, 0.4) is 0 Å². The number of nitrogens with two attached hydrogens (primary N) is 1. The Morgan fingerprint density at radius 1 is 1.47 bits per heavy atom. The van der Waals surface area contributed by atoms with Crippen molar-refractivity contribution in [2.75, 3.05) is 11.9 Å². The molecule has 1 aromatic carbocycles. The minimum atomic E-state index is -0.185. The molecule has 0 heterocycles. The number of hydrogen-bond donors (Lipinski definition) is 2. The van der Waals surface area contributed by atoms with Crippen LogP contribution in [0.4, 0.5) is 5.69 Å². The smallest absolute Gasteiger partial charge is 0.228 e. The molecule has 3 nitrogen and oxygen atoms in total. The lowest BCUT2D eigenvalue weighted by atomic mass is 10.0. The lowest BCUT2D eigenvalue weighted by Gasteiger charge is -2.14. The Morgan fingerprint density at radius 3 is 2.76 bits per heavy atom. The molecule has 0 aliphatic heterocycles. The number of rotatable bonds is 5. The van der Waals surface area contributed by atoms with Crippen LogP contribution in [0.25, 0.3) is 0 Å². The van der Waals surface area contributed by atoms with Gasteiger partial charge in [0.2, 0.25) is 5.91 Å². The van der Waals surface area contributed by atoms with E-state index in [1.165, 1.54) is 0 Å². The first kappa shape index (κ1) is 14.3. The van der Waals surface area contributed by atoms with E-state index in [4.69, 9.17) is 28.9 Å². The van der Waals surface area contributed by atoms with Crippen molar-refractivity contribution in [2.45, 2.75) is 19.8 Å². The van der Waals surface area contributed by atoms with Gasteiger partial charge in [-0.1, -0.05) is 42.6 Å². The molecule has 0 aromatic heterocycles. The van der Waals surface area contributed by atoms with Crippen molar-refractivity contribution in [3.05, 3.63) is 28.2 Å². The molecule has 0 bridgehead atoms. The molecule has 0 saturated carbocycles. The Kier molecular flexibility index (Phi) is 5.75. The van der Waals surface area contributed by atoms with Gasteiger partial charge in [0.25, 0.3) is 0 Å². The van der Waals surface area contributed by atoms with Gasteiger partial charge < -0.3 is 11.1 Å². The summed E-state index contributed by atoms with van der Waals surface area (Å²) in [6.45, 7) is 2.35. The monoisotopic (exact) mass is 274 g/mol. The summed E-state index contributed by atoms with van der Waals surface area (Å²) in [4.78, 5) is 11.9. The molecule has 1 aromatic rings. The Hall–Kier alpha value is -0.770. The van der Waals surface area contributed by atoms with Gasteiger partial charge in [-0.2, -0.15) is 0 Å². The van der Waals surface area contributed by atoms with E-state index in [1.807, 2.05) is 6.92 Å². The normalized spacial score (nSPS) is 12.2. The fourth-order valence-electron chi connectivity index (χ4n) is 1.54. The zero-order valence-corrected chi connectivity index (χ0v) is 11.2. The highest BCUT2D eigenvalue weighted by molar-refractivity contribution is 6.43. The van der Waals surface area contributed by atoms with Crippen LogP contribution in [0.5, 0.6) is 0 Å². The molecule has 3 N–H and O–H groups in total. The second-order valence-electron chi connectivity index (χ2n) is 3.81. The summed E-state index contributed by atoms with van der Waals surface area (Å²) in [5.74, 6) is -0.298. The van der Waals surface area contributed by atoms with Gasteiger partial charge in [-0.3, -0.25) is 4.79 Å². The topological polar surface area (TPSA) is 55.1 Å². The molecule has 1 rings (SSSR count). The lowest BCUT2D eigenvalue weighted by Crippen LogP contribution is -2.29. The van der Waals surface area contributed by atoms with E-state index in [9.17, 15) is 4.79 Å². The van der Waals surface area contributed by atoms with Crippen molar-refractivity contribution in [3.8, 4) is 0 Å². The molecular formula is C12H16Cl2N2O. The van der Waals surface area contributed by atoms with Crippen LogP contribution in [0.2, 0.25) is 10.0 Å². The summed E-state index contributed by atoms with van der Waals surface area (Å²) in [6.07, 6.45) is 1.68. The van der Waals surface area contributed by atoms with E-state index in [-0.39, 0.29) is 11.8 Å². The molecule has 1 amide bonds. The lowest BCUT2D eigenvalue weighted by molar-refractivity contribution is -0.119. The minimum Gasteiger partial charge on any atom is -0.330 e. The highest BCUT2D eigenvalue weighted by atomic mass is 35.5. The third-order valence-electron chi connectivity index (χ3n) is 2.50. The van der Waals surface area contributed by atoms with Crippen molar-refractivity contribution in [1.82, 2.24) is 0 Å². The average molecular weight is 275 g/mol. The van der Waals surface area contributed by atoms with Crippen LogP contribution in [-0.2, 0) is 4.79 Å². The van der Waals surface area contributed by atoms with Crippen LogP contribution < -0.4 is 11.1 Å². The molecule has 0 radical (unpaired) electrons. The Labute approximate surface area is 111 Å². The SMILES string of the molecule is CCCC(CN)C(=O)Nc1cccc(Cl)c1Cl. The van der Waals surface area contributed by atoms with Gasteiger partial charge in [0, 0.05) is 6.54 Å². The molecule has 1 unspecified atom stereocenters. The van der Waals surface area contributed by atoms with E-state index in [0.717, 1.165) is 12.8 Å². The van der Waals surface area contributed by atoms with Crippen molar-refractivity contribution >= 4 is 34.8 Å². The molecule has 5 heteroatoms. The molecule has 0 saturated heterocycles. The third-order valence-corrected chi connectivity index (χ3v) is 3.32. The second-order valence-corrected chi connectivity index (χ2v) is 4.60. The van der Waals surface area contributed by atoms with Gasteiger partial charge >= 0.3 is 0 Å². The maximum atomic E-state index is 11.9. The summed E-state index contributed by atoms with van der Waals surface area (Å²) in [5.41, 5.74) is 6.09. The summed E-state index contributed by atoms with van der Waals surface area (Å²) in [5, 5.41) is 3.53. The number of benzene rings is 1. The number of amides is 1. The first-order valence-corrected chi connectivity index (χ1v) is 6.30. The summed E-state index contributed by atoms with van der Waals surface area (Å²) < 4.78 is 0. The fraction of sp³-hybridized carbons (Fsp3) is 0.417. The van der Waals surface area contributed by atoms with E-state index in [2.05, 4.69) is 5.32 Å². The molecule has 0 aliphatic rings. The van der Waals surface area contributed by atoms with Gasteiger partial charge in [-0.15, -0.1) is 0 Å². The molecular weight excluding hydrogens is 259 g/mol. The fourth-order valence-corrected chi connectivity index (χ4v) is 1.89. The zero-order valence-electron chi connectivity index (χ0n) is 9.67. The van der Waals surface area contributed by atoms with Crippen molar-refractivity contribution in [1.29, 1.82) is 0 Å². The van der Waals surface area contributed by atoms with Crippen LogP contribution in [-0.4, -0.2) is 12.5 Å². The molecule has 0 fully saturated rings. The summed E-state index contributed by atoms with van der Waals surface area (Å²) in [6, 6.07) is 5.12. The minimum absolute atomic E-state index is 0.112. The van der Waals surface area contributed by atoms with Crippen molar-refractivity contribution < 1.29 is 4.79 Å². The molecule has 1 atom stereocenters. The summed E-state index contributed by atoms with van der Waals surface area (Å²) in [7, 11) is 0. The second kappa shape index (κ2) is 6.84. The van der Waals surface area contributed by atoms with Crippen LogP contribution >= 0.6 is 23.2 Å². The Morgan fingerprint density at radius 2 is 2.18 bits per heavy atom. The van der Waals surface area contributed by atoms with Gasteiger partial charge in [0.15, 0.2) is 0 Å². The van der Waals surface area contributed by atoms with E-state index in [0.29, 0.717) is 22.3 Å². The predicted molar refractivity (Wildman–Crippen MR) is 72.5 cm³/mol. The largest absolute Gasteiger partial charge is 0.330 e. The zero-order chi connectivity index (χ0) is 12.8. The first-order valence-electron chi connectivity index (χ1n) is 5.55. The third kappa shape index (κ3) is 3.87. The number of halogens is 2. The van der Waals surface area contributed by atoms with Gasteiger partial charge in [0.1, 0.15) is 0 Å². The number of nitrogens with one attached hydrogen (secondary N) is 1. The van der Waals surface area contributed by atoms with E-state index >= 15 is 0 Å². The van der Waals surface area contributed by atoms with Crippen LogP contribution in [0.15, 0.2) is 18.2 Å². The van der Waals surface area contributed by atoms with Gasteiger partial charge in [-0.25, -0.2) is 0 Å². The van der Waals surface area contributed by atoms with Crippen LogP contribution in [0.1, 0.15) is 19.8 Å². The van der Waals surface area contributed by atoms with Crippen LogP contribution in [0, 0.1) is 5.92 Å². The van der Waals surface area contributed by atoms with Crippen molar-refractivity contribution in [2.24, 2.45) is 11.7 Å². The molecule has 17 heavy (non-hydrogen) atoms. The standard InChI is InChI=1S/C12H16Cl2N2O/c1-2-4-8(7-15)12(17)16-10-6-3-5-9(13)11(10)14/h3,5-6,8H,2,4,7,15H2,1H3,(H,16,17). The maximum absolute atomic E-state index is 11.9. The maximum Gasteiger partial charge on any atom is 0.228 e. The van der Waals surface area contributed by atoms with Gasteiger partial charge in [0.05, 0.1) is 21.7 Å². The molecule has 94 valence electrons. The summed E-state index contributed by atoms with van der Waals surface area (Å²) >= 11 is 11.8. The first-order chi connectivity index (χ1) is 8.10. The predicted octanol–water partition coefficient (Wildman–Crippen LogP) is 3.31. The Bertz CT molecular complexity index is 396. The number of carbonyl (C=O) groups is 1. The Balaban J connectivity index is 2.76. The van der Waals surface area contributed by atoms with Gasteiger partial charge in [-0.05, 0) is 18.6 Å². The highest BCUT2D eigenvalue weighted by Crippen LogP contribution is 2.29. The van der Waals surface area contributed by atoms with E-state index in [1.54, 1.807) is 18.2 Å². The molecule has 0 spiro atoms. The van der Waals surface area contributed by atoms with Crippen molar-refractivity contribution in [3.63, 3.8) is 0 Å². The quantitative estimate of drug-likeness (QED) is 0.866. The van der Waals surface area contributed by atoms with E-state index < -0.39 is 0 Å². The number of hydrogen-bond acceptors (Lipinski definition) is 2. The number of anilines is 1. The number of carbonyl (C=O) groups excluding carboxylic acids is 1. The highest BCUT2D eigenvalue weighted by Gasteiger charge is 2.17. The molecule has 0 aliphatic carbocycles.